The van der Waals surface area contributed by atoms with Crippen molar-refractivity contribution in [2.45, 2.75) is 6.42 Å². The van der Waals surface area contributed by atoms with Crippen molar-refractivity contribution in [3.63, 3.8) is 0 Å². The minimum Gasteiger partial charge on any atom is -0.493 e. The second-order valence-corrected chi connectivity index (χ2v) is 2.91. The molecule has 0 amide bonds. The summed E-state index contributed by atoms with van der Waals surface area (Å²) in [6.07, 6.45) is 0.350. The molecule has 0 heterocycles. The van der Waals surface area contributed by atoms with Crippen molar-refractivity contribution >= 4 is 5.97 Å². The van der Waals surface area contributed by atoms with E-state index in [9.17, 15) is 9.18 Å². The van der Waals surface area contributed by atoms with Crippen LogP contribution in [0, 0.1) is 0 Å². The van der Waals surface area contributed by atoms with Gasteiger partial charge in [0, 0.05) is 6.42 Å². The Hall–Kier alpha value is -1.58. The molecule has 0 aliphatic carbocycles. The van der Waals surface area contributed by atoms with Gasteiger partial charge in [0.15, 0.2) is 0 Å². The van der Waals surface area contributed by atoms with Crippen LogP contribution in [-0.2, 0) is 4.74 Å². The van der Waals surface area contributed by atoms with E-state index in [4.69, 9.17) is 4.74 Å². The molecule has 4 heteroatoms. The second kappa shape index (κ2) is 6.01. The molecule has 0 fully saturated rings. The Kier molecular flexibility index (Phi) is 4.60. The number of rotatable bonds is 5. The average molecular weight is 212 g/mol. The Labute approximate surface area is 87.8 Å². The fraction of sp³-hybridized carbons (Fsp3) is 0.364. The number of methoxy groups -OCH3 is 1. The third-order valence-corrected chi connectivity index (χ3v) is 1.80. The molecule has 0 radical (unpaired) electrons. The van der Waals surface area contributed by atoms with Gasteiger partial charge in [-0.25, -0.2) is 4.79 Å². The maximum Gasteiger partial charge on any atom is 0.337 e. The molecule has 3 nitrogen and oxygen atoms in total. The molecule has 0 N–H and O–H groups in total. The molecule has 0 aromatic heterocycles. The van der Waals surface area contributed by atoms with Gasteiger partial charge in [0.2, 0.25) is 0 Å². The van der Waals surface area contributed by atoms with E-state index in [2.05, 4.69) is 4.74 Å². The summed E-state index contributed by atoms with van der Waals surface area (Å²) < 4.78 is 21.6. The van der Waals surface area contributed by atoms with Crippen LogP contribution in [-0.4, -0.2) is 26.4 Å². The minimum atomic E-state index is -0.411. The zero-order chi connectivity index (χ0) is 11.1. The number of alkyl halides is 1. The highest BCUT2D eigenvalue weighted by molar-refractivity contribution is 5.89. The first-order valence-electron chi connectivity index (χ1n) is 4.65. The van der Waals surface area contributed by atoms with Gasteiger partial charge in [0.25, 0.3) is 0 Å². The molecule has 0 atom stereocenters. The number of halogens is 1. The van der Waals surface area contributed by atoms with Gasteiger partial charge in [-0.15, -0.1) is 0 Å². The van der Waals surface area contributed by atoms with Crippen LogP contribution in [0.1, 0.15) is 16.8 Å². The smallest absolute Gasteiger partial charge is 0.337 e. The molecule has 1 aromatic rings. The fourth-order valence-corrected chi connectivity index (χ4v) is 1.08. The van der Waals surface area contributed by atoms with Gasteiger partial charge in [0.1, 0.15) is 5.75 Å². The molecule has 0 bridgehead atoms. The normalized spacial score (nSPS) is 9.73. The molecule has 15 heavy (non-hydrogen) atoms. The van der Waals surface area contributed by atoms with E-state index in [0.29, 0.717) is 24.3 Å². The first-order chi connectivity index (χ1) is 7.27. The lowest BCUT2D eigenvalue weighted by Gasteiger charge is -2.05. The Morgan fingerprint density at radius 1 is 1.47 bits per heavy atom. The van der Waals surface area contributed by atoms with Crippen molar-refractivity contribution < 1.29 is 18.7 Å². The number of carbonyl (C=O) groups is 1. The van der Waals surface area contributed by atoms with E-state index in [1.807, 2.05) is 0 Å². The van der Waals surface area contributed by atoms with Gasteiger partial charge >= 0.3 is 5.97 Å². The Morgan fingerprint density at radius 3 is 2.93 bits per heavy atom. The summed E-state index contributed by atoms with van der Waals surface area (Å²) >= 11 is 0. The van der Waals surface area contributed by atoms with Gasteiger partial charge in [-0.3, -0.25) is 4.39 Å². The standard InChI is InChI=1S/C11H13FO3/c1-14-11(13)9-4-2-5-10(8-9)15-7-3-6-12/h2,4-5,8H,3,6-7H2,1H3. The lowest BCUT2D eigenvalue weighted by molar-refractivity contribution is 0.0600. The second-order valence-electron chi connectivity index (χ2n) is 2.91. The number of ether oxygens (including phenoxy) is 2. The topological polar surface area (TPSA) is 35.5 Å². The van der Waals surface area contributed by atoms with Gasteiger partial charge in [-0.2, -0.15) is 0 Å². The van der Waals surface area contributed by atoms with Crippen LogP contribution < -0.4 is 4.74 Å². The zero-order valence-corrected chi connectivity index (χ0v) is 8.53. The largest absolute Gasteiger partial charge is 0.493 e. The van der Waals surface area contributed by atoms with Crippen LogP contribution in [0.3, 0.4) is 0 Å². The molecule has 0 spiro atoms. The monoisotopic (exact) mass is 212 g/mol. The maximum absolute atomic E-state index is 11.8. The highest BCUT2D eigenvalue weighted by atomic mass is 19.1. The van der Waals surface area contributed by atoms with E-state index in [1.165, 1.54) is 7.11 Å². The summed E-state index contributed by atoms with van der Waals surface area (Å²) in [4.78, 5) is 11.2. The van der Waals surface area contributed by atoms with Crippen LogP contribution in [0.15, 0.2) is 24.3 Å². The van der Waals surface area contributed by atoms with Crippen molar-refractivity contribution in [3.05, 3.63) is 29.8 Å². The molecular formula is C11H13FO3. The predicted molar refractivity (Wildman–Crippen MR) is 53.9 cm³/mol. The summed E-state index contributed by atoms with van der Waals surface area (Å²) in [7, 11) is 1.32. The molecule has 0 saturated carbocycles. The summed E-state index contributed by atoms with van der Waals surface area (Å²) in [5, 5.41) is 0. The Balaban J connectivity index is 2.62. The lowest BCUT2D eigenvalue weighted by atomic mass is 10.2. The number of hydrogen-bond acceptors (Lipinski definition) is 3. The van der Waals surface area contributed by atoms with E-state index < -0.39 is 12.6 Å². The van der Waals surface area contributed by atoms with E-state index in [1.54, 1.807) is 24.3 Å². The summed E-state index contributed by atoms with van der Waals surface area (Å²) in [5.41, 5.74) is 0.426. The van der Waals surface area contributed by atoms with Crippen molar-refractivity contribution in [1.82, 2.24) is 0 Å². The van der Waals surface area contributed by atoms with Crippen LogP contribution in [0.25, 0.3) is 0 Å². The molecule has 0 saturated heterocycles. The van der Waals surface area contributed by atoms with Crippen molar-refractivity contribution in [1.29, 1.82) is 0 Å². The predicted octanol–water partition coefficient (Wildman–Crippen LogP) is 2.21. The van der Waals surface area contributed by atoms with Crippen LogP contribution in [0.4, 0.5) is 4.39 Å². The maximum atomic E-state index is 11.8. The van der Waals surface area contributed by atoms with Crippen LogP contribution in [0.2, 0.25) is 0 Å². The number of esters is 1. The molecule has 0 aliphatic heterocycles. The van der Waals surface area contributed by atoms with Crippen molar-refractivity contribution in [3.8, 4) is 5.75 Å². The molecule has 1 aromatic carbocycles. The third kappa shape index (κ3) is 3.58. The number of hydrogen-bond donors (Lipinski definition) is 0. The highest BCUT2D eigenvalue weighted by Crippen LogP contribution is 2.14. The molecule has 82 valence electrons. The first kappa shape index (κ1) is 11.5. The average Bonchev–Trinajstić information content (AvgIpc) is 2.29. The fourth-order valence-electron chi connectivity index (χ4n) is 1.08. The van der Waals surface area contributed by atoms with Gasteiger partial charge in [-0.05, 0) is 18.2 Å². The lowest BCUT2D eigenvalue weighted by Crippen LogP contribution is -2.03. The van der Waals surface area contributed by atoms with Crippen molar-refractivity contribution in [2.75, 3.05) is 20.4 Å². The highest BCUT2D eigenvalue weighted by Gasteiger charge is 2.05. The van der Waals surface area contributed by atoms with Gasteiger partial charge in [-0.1, -0.05) is 6.07 Å². The molecule has 1 rings (SSSR count). The molecule has 0 unspecified atom stereocenters. The molecule has 0 aliphatic rings. The first-order valence-corrected chi connectivity index (χ1v) is 4.65. The number of benzene rings is 1. The third-order valence-electron chi connectivity index (χ3n) is 1.80. The quantitative estimate of drug-likeness (QED) is 0.554. The van der Waals surface area contributed by atoms with Gasteiger partial charge < -0.3 is 9.47 Å². The minimum absolute atomic E-state index is 0.307. The van der Waals surface area contributed by atoms with Crippen LogP contribution >= 0.6 is 0 Å². The van der Waals surface area contributed by atoms with E-state index >= 15 is 0 Å². The molecular weight excluding hydrogens is 199 g/mol. The van der Waals surface area contributed by atoms with E-state index in [-0.39, 0.29) is 0 Å². The zero-order valence-electron chi connectivity index (χ0n) is 8.53. The van der Waals surface area contributed by atoms with E-state index in [0.717, 1.165) is 0 Å². The Morgan fingerprint density at radius 2 is 2.27 bits per heavy atom. The Bertz CT molecular complexity index is 325. The van der Waals surface area contributed by atoms with Crippen molar-refractivity contribution in [2.24, 2.45) is 0 Å². The summed E-state index contributed by atoms with van der Waals surface area (Å²) in [5.74, 6) is 0.136. The SMILES string of the molecule is COC(=O)c1cccc(OCCCF)c1. The summed E-state index contributed by atoms with van der Waals surface area (Å²) in [6.45, 7) is -0.0994. The summed E-state index contributed by atoms with van der Waals surface area (Å²) in [6, 6.07) is 6.61. The number of carbonyl (C=O) groups excluding carboxylic acids is 1. The van der Waals surface area contributed by atoms with Crippen LogP contribution in [0.5, 0.6) is 5.75 Å². The van der Waals surface area contributed by atoms with Gasteiger partial charge in [0.05, 0.1) is 26.0 Å².